The first-order chi connectivity index (χ1) is 14.1. The minimum absolute atomic E-state index is 0.0714. The van der Waals surface area contributed by atoms with Crippen molar-refractivity contribution in [2.24, 2.45) is 0 Å². The molecule has 2 aromatic carbocycles. The van der Waals surface area contributed by atoms with Crippen molar-refractivity contribution < 1.29 is 37.0 Å². The third-order valence-corrected chi connectivity index (χ3v) is 5.65. The molecular weight excluding hydrogens is 419 g/mol. The molecule has 1 unspecified atom stereocenters. The number of aromatic carboxylic acids is 1. The molecule has 0 fully saturated rings. The maximum atomic E-state index is 13.0. The number of amides is 1. The molecule has 0 aromatic heterocycles. The first-order valence-corrected chi connectivity index (χ1v) is 10.2. The molecule has 0 aliphatic heterocycles. The second-order valence-electron chi connectivity index (χ2n) is 6.08. The van der Waals surface area contributed by atoms with Crippen LogP contribution in [0.5, 0.6) is 11.5 Å². The van der Waals surface area contributed by atoms with Crippen molar-refractivity contribution in [1.29, 1.82) is 0 Å². The van der Waals surface area contributed by atoms with E-state index in [4.69, 9.17) is 9.47 Å². The van der Waals surface area contributed by atoms with Crippen LogP contribution >= 0.6 is 0 Å². The number of carboxylic acids is 1. The van der Waals surface area contributed by atoms with Gasteiger partial charge in [-0.15, -0.1) is 0 Å². The first-order valence-electron chi connectivity index (χ1n) is 8.71. The van der Waals surface area contributed by atoms with Crippen LogP contribution in [-0.4, -0.2) is 45.7 Å². The van der Waals surface area contributed by atoms with Gasteiger partial charge in [0, 0.05) is 12.1 Å². The van der Waals surface area contributed by atoms with Gasteiger partial charge in [0.2, 0.25) is 15.9 Å². The third-order valence-electron chi connectivity index (χ3n) is 4.16. The zero-order chi connectivity index (χ0) is 22.5. The number of sulfonamides is 1. The molecule has 2 rings (SSSR count). The lowest BCUT2D eigenvalue weighted by atomic mass is 10.1. The van der Waals surface area contributed by atoms with Gasteiger partial charge >= 0.3 is 5.97 Å². The second-order valence-corrected chi connectivity index (χ2v) is 7.80. The summed E-state index contributed by atoms with van der Waals surface area (Å²) < 4.78 is 50.4. The van der Waals surface area contributed by atoms with Crippen molar-refractivity contribution in [3.8, 4) is 11.5 Å². The first kappa shape index (κ1) is 23.1. The van der Waals surface area contributed by atoms with E-state index < -0.39 is 33.8 Å². The molecule has 3 N–H and O–H groups in total. The Hall–Kier alpha value is -3.18. The average Bonchev–Trinajstić information content (AvgIpc) is 2.71. The highest BCUT2D eigenvalue weighted by Crippen LogP contribution is 2.33. The van der Waals surface area contributed by atoms with Gasteiger partial charge in [-0.1, -0.05) is 6.92 Å². The second kappa shape index (κ2) is 9.55. The van der Waals surface area contributed by atoms with Gasteiger partial charge in [-0.2, -0.15) is 4.72 Å². The summed E-state index contributed by atoms with van der Waals surface area (Å²) in [6.45, 7) is 1.57. The van der Waals surface area contributed by atoms with Gasteiger partial charge in [0.15, 0.2) is 11.5 Å². The summed E-state index contributed by atoms with van der Waals surface area (Å²) in [6, 6.07) is 5.34. The molecule has 0 aliphatic carbocycles. The molecule has 1 amide bonds. The van der Waals surface area contributed by atoms with E-state index in [-0.39, 0.29) is 34.1 Å². The van der Waals surface area contributed by atoms with Crippen LogP contribution in [0.2, 0.25) is 0 Å². The van der Waals surface area contributed by atoms with Crippen molar-refractivity contribution >= 4 is 27.6 Å². The van der Waals surface area contributed by atoms with Crippen LogP contribution < -0.4 is 19.5 Å². The number of ether oxygens (including phenoxy) is 2. The summed E-state index contributed by atoms with van der Waals surface area (Å²) in [5.41, 5.74) is -0.359. The fourth-order valence-electron chi connectivity index (χ4n) is 2.57. The van der Waals surface area contributed by atoms with Crippen LogP contribution in [0.3, 0.4) is 0 Å². The monoisotopic (exact) mass is 440 g/mol. The lowest BCUT2D eigenvalue weighted by Crippen LogP contribution is -2.43. The minimum atomic E-state index is -4.11. The van der Waals surface area contributed by atoms with E-state index in [2.05, 4.69) is 10.0 Å². The molecule has 0 radical (unpaired) electrons. The minimum Gasteiger partial charge on any atom is -0.493 e. The maximum Gasteiger partial charge on any atom is 0.337 e. The predicted molar refractivity (Wildman–Crippen MR) is 106 cm³/mol. The number of benzene rings is 2. The van der Waals surface area contributed by atoms with Crippen molar-refractivity contribution in [2.75, 3.05) is 19.5 Å². The smallest absolute Gasteiger partial charge is 0.337 e. The molecule has 9 nitrogen and oxygen atoms in total. The summed E-state index contributed by atoms with van der Waals surface area (Å²) >= 11 is 0. The van der Waals surface area contributed by atoms with Crippen molar-refractivity contribution in [1.82, 2.24) is 4.72 Å². The number of hydrogen-bond acceptors (Lipinski definition) is 6. The number of hydrogen-bond donors (Lipinski definition) is 3. The standard InChI is InChI=1S/C19H21FN2O7S/c1-4-14(22-30(26,27)12-7-5-11(20)6-8-12)18(23)21-15-10-17(29-3)16(28-2)9-13(15)19(24)25/h5-10,14,22H,4H2,1-3H3,(H,21,23)(H,24,25). The lowest BCUT2D eigenvalue weighted by molar-refractivity contribution is -0.117. The van der Waals surface area contributed by atoms with Gasteiger partial charge in [0.25, 0.3) is 0 Å². The van der Waals surface area contributed by atoms with Gasteiger partial charge in [0.05, 0.1) is 30.4 Å². The Morgan fingerprint density at radius 3 is 2.17 bits per heavy atom. The number of nitrogens with one attached hydrogen (secondary N) is 2. The molecule has 162 valence electrons. The predicted octanol–water partition coefficient (Wildman–Crippen LogP) is 2.24. The molecule has 0 saturated carbocycles. The fourth-order valence-corrected chi connectivity index (χ4v) is 3.85. The van der Waals surface area contributed by atoms with Gasteiger partial charge < -0.3 is 19.9 Å². The number of halogens is 1. The Kier molecular flexibility index (Phi) is 7.35. The third kappa shape index (κ3) is 5.24. The highest BCUT2D eigenvalue weighted by Gasteiger charge is 2.26. The molecule has 30 heavy (non-hydrogen) atoms. The SMILES string of the molecule is CCC(NS(=O)(=O)c1ccc(F)cc1)C(=O)Nc1cc(OC)c(OC)cc1C(=O)O. The molecule has 1 atom stereocenters. The van der Waals surface area contributed by atoms with Gasteiger partial charge in [-0.05, 0) is 30.7 Å². The van der Waals surface area contributed by atoms with Gasteiger partial charge in [0.1, 0.15) is 11.9 Å². The molecule has 0 saturated heterocycles. The van der Waals surface area contributed by atoms with Crippen molar-refractivity contribution in [2.45, 2.75) is 24.3 Å². The number of methoxy groups -OCH3 is 2. The van der Waals surface area contributed by atoms with Crippen LogP contribution in [0, 0.1) is 5.82 Å². The van der Waals surface area contributed by atoms with E-state index in [9.17, 15) is 27.5 Å². The maximum absolute atomic E-state index is 13.0. The summed E-state index contributed by atoms with van der Waals surface area (Å²) in [4.78, 5) is 24.0. The lowest BCUT2D eigenvalue weighted by Gasteiger charge is -2.19. The van der Waals surface area contributed by atoms with E-state index in [1.165, 1.54) is 26.4 Å². The van der Waals surface area contributed by atoms with E-state index >= 15 is 0 Å². The number of carbonyl (C=O) groups is 2. The number of carbonyl (C=O) groups excluding carboxylic acids is 1. The van der Waals surface area contributed by atoms with Crippen LogP contribution in [0.4, 0.5) is 10.1 Å². The van der Waals surface area contributed by atoms with E-state index in [0.717, 1.165) is 24.3 Å². The number of anilines is 1. The Bertz CT molecular complexity index is 1040. The molecule has 2 aromatic rings. The zero-order valence-electron chi connectivity index (χ0n) is 16.4. The van der Waals surface area contributed by atoms with Crippen LogP contribution in [0.25, 0.3) is 0 Å². The molecule has 11 heteroatoms. The molecular formula is C19H21FN2O7S. The van der Waals surface area contributed by atoms with Crippen LogP contribution in [0.15, 0.2) is 41.3 Å². The Labute approximate surface area is 172 Å². The zero-order valence-corrected chi connectivity index (χ0v) is 17.2. The normalized spacial score (nSPS) is 12.1. The molecule has 0 aliphatic rings. The van der Waals surface area contributed by atoms with Gasteiger partial charge in [-0.25, -0.2) is 17.6 Å². The Balaban J connectivity index is 2.30. The summed E-state index contributed by atoms with van der Waals surface area (Å²) in [5, 5.41) is 11.8. The summed E-state index contributed by atoms with van der Waals surface area (Å²) in [7, 11) is -1.44. The number of carboxylic acid groups (broad SMARTS) is 1. The molecule has 0 heterocycles. The largest absolute Gasteiger partial charge is 0.493 e. The fraction of sp³-hybridized carbons (Fsp3) is 0.263. The molecule has 0 bridgehead atoms. The Morgan fingerprint density at radius 1 is 1.10 bits per heavy atom. The van der Waals surface area contributed by atoms with Crippen LogP contribution in [-0.2, 0) is 14.8 Å². The molecule has 0 spiro atoms. The Morgan fingerprint density at radius 2 is 1.67 bits per heavy atom. The van der Waals surface area contributed by atoms with Gasteiger partial charge in [-0.3, -0.25) is 4.79 Å². The van der Waals surface area contributed by atoms with E-state index in [0.29, 0.717) is 0 Å². The summed E-state index contributed by atoms with van der Waals surface area (Å²) in [5.74, 6) is -2.38. The quantitative estimate of drug-likeness (QED) is 0.545. The van der Waals surface area contributed by atoms with Crippen molar-refractivity contribution in [3.05, 3.63) is 47.8 Å². The van der Waals surface area contributed by atoms with E-state index in [1.807, 2.05) is 0 Å². The van der Waals surface area contributed by atoms with Crippen molar-refractivity contribution in [3.63, 3.8) is 0 Å². The topological polar surface area (TPSA) is 131 Å². The van der Waals surface area contributed by atoms with E-state index in [1.54, 1.807) is 6.92 Å². The summed E-state index contributed by atoms with van der Waals surface area (Å²) in [6.07, 6.45) is 0.0714. The number of rotatable bonds is 9. The van der Waals surface area contributed by atoms with Crippen LogP contribution in [0.1, 0.15) is 23.7 Å². The highest BCUT2D eigenvalue weighted by atomic mass is 32.2. The highest BCUT2D eigenvalue weighted by molar-refractivity contribution is 7.89. The average molecular weight is 440 g/mol.